The van der Waals surface area contributed by atoms with Crippen molar-refractivity contribution >= 4 is 28.5 Å². The van der Waals surface area contributed by atoms with E-state index in [1.165, 1.54) is 0 Å². The maximum absolute atomic E-state index is 13.2. The standard InChI is InChI=1S/C25H29N7O2/c1-16(2)22-24(33)27-13-17-14-32(25(34)20-9-5-6-10-26-20)12-11-31(17)15-21-28-19-8-4-3-7-18(19)23(29-21)30-22/h3-10,16-17,22H,11-15H2,1-2H3,(H,27,33)(H,28,29,30)/t17?,22-/m0/s1. The molecule has 2 N–H and O–H groups in total. The van der Waals surface area contributed by atoms with Gasteiger partial charge in [-0.05, 0) is 30.2 Å². The zero-order valence-electron chi connectivity index (χ0n) is 19.4. The van der Waals surface area contributed by atoms with Crippen LogP contribution in [0.15, 0.2) is 48.7 Å². The third-order valence-electron chi connectivity index (χ3n) is 6.52. The Morgan fingerprint density at radius 2 is 1.91 bits per heavy atom. The van der Waals surface area contributed by atoms with Gasteiger partial charge < -0.3 is 15.5 Å². The van der Waals surface area contributed by atoms with Crippen molar-refractivity contribution in [1.29, 1.82) is 0 Å². The van der Waals surface area contributed by atoms with E-state index < -0.39 is 6.04 Å². The van der Waals surface area contributed by atoms with Crippen molar-refractivity contribution in [2.75, 3.05) is 31.5 Å². The van der Waals surface area contributed by atoms with Crippen LogP contribution < -0.4 is 10.6 Å². The highest BCUT2D eigenvalue weighted by molar-refractivity contribution is 5.93. The molecular weight excluding hydrogens is 430 g/mol. The Balaban J connectivity index is 1.47. The first-order chi connectivity index (χ1) is 16.5. The molecule has 2 aliphatic rings. The molecule has 9 heteroatoms. The number of amides is 2. The minimum Gasteiger partial charge on any atom is -0.358 e. The molecule has 0 saturated carbocycles. The SMILES string of the molecule is CC(C)[C@@H]1Nc2nc(nc3ccccc23)CN2CCN(C(=O)c3ccccn3)CC2CNC1=O. The van der Waals surface area contributed by atoms with Gasteiger partial charge in [-0.25, -0.2) is 9.97 Å². The lowest BCUT2D eigenvalue weighted by Gasteiger charge is -2.41. The van der Waals surface area contributed by atoms with E-state index >= 15 is 0 Å². The van der Waals surface area contributed by atoms with Crippen molar-refractivity contribution in [3.05, 3.63) is 60.2 Å². The maximum Gasteiger partial charge on any atom is 0.272 e. The molecule has 0 radical (unpaired) electrons. The van der Waals surface area contributed by atoms with Crippen LogP contribution >= 0.6 is 0 Å². The van der Waals surface area contributed by atoms with Crippen LogP contribution in [-0.2, 0) is 11.3 Å². The number of aromatic nitrogens is 3. The smallest absolute Gasteiger partial charge is 0.272 e. The molecule has 1 fully saturated rings. The number of hydrogen-bond acceptors (Lipinski definition) is 7. The average Bonchev–Trinajstić information content (AvgIpc) is 2.87. The van der Waals surface area contributed by atoms with Crippen molar-refractivity contribution in [3.8, 4) is 0 Å². The number of para-hydroxylation sites is 1. The molecule has 3 aromatic rings. The molecule has 2 amide bonds. The Labute approximate surface area is 198 Å². The van der Waals surface area contributed by atoms with Crippen molar-refractivity contribution < 1.29 is 9.59 Å². The summed E-state index contributed by atoms with van der Waals surface area (Å²) in [6.07, 6.45) is 1.63. The number of anilines is 1. The molecule has 0 spiro atoms. The van der Waals surface area contributed by atoms with E-state index in [0.29, 0.717) is 50.1 Å². The summed E-state index contributed by atoms with van der Waals surface area (Å²) in [5, 5.41) is 7.40. The fraction of sp³-hybridized carbons (Fsp3) is 0.400. The summed E-state index contributed by atoms with van der Waals surface area (Å²) in [4.78, 5) is 44.1. The molecule has 9 nitrogen and oxygen atoms in total. The van der Waals surface area contributed by atoms with E-state index in [1.54, 1.807) is 18.3 Å². The zero-order chi connectivity index (χ0) is 23.7. The summed E-state index contributed by atoms with van der Waals surface area (Å²) in [5.41, 5.74) is 1.28. The number of nitrogens with zero attached hydrogens (tertiary/aromatic N) is 5. The van der Waals surface area contributed by atoms with Crippen molar-refractivity contribution in [3.63, 3.8) is 0 Å². The first-order valence-corrected chi connectivity index (χ1v) is 11.7. The molecule has 1 unspecified atom stereocenters. The molecule has 2 aliphatic heterocycles. The van der Waals surface area contributed by atoms with Crippen molar-refractivity contribution in [1.82, 2.24) is 30.1 Å². The van der Waals surface area contributed by atoms with Crippen LogP contribution in [0, 0.1) is 5.92 Å². The Morgan fingerprint density at radius 1 is 1.09 bits per heavy atom. The maximum atomic E-state index is 13.2. The predicted octanol–water partition coefficient (Wildman–Crippen LogP) is 1.92. The van der Waals surface area contributed by atoms with Gasteiger partial charge in [0.05, 0.1) is 12.1 Å². The number of rotatable bonds is 2. The Morgan fingerprint density at radius 3 is 2.71 bits per heavy atom. The summed E-state index contributed by atoms with van der Waals surface area (Å²) in [7, 11) is 0. The quantitative estimate of drug-likeness (QED) is 0.603. The minimum atomic E-state index is -0.437. The number of pyridine rings is 1. The Bertz CT molecular complexity index is 1200. The summed E-state index contributed by atoms with van der Waals surface area (Å²) in [6, 6.07) is 12.7. The van der Waals surface area contributed by atoms with Gasteiger partial charge in [0.25, 0.3) is 5.91 Å². The van der Waals surface area contributed by atoms with E-state index in [1.807, 2.05) is 49.1 Å². The Kier molecular flexibility index (Phi) is 6.10. The summed E-state index contributed by atoms with van der Waals surface area (Å²) in [5.74, 6) is 1.27. The van der Waals surface area contributed by atoms with E-state index in [9.17, 15) is 9.59 Å². The van der Waals surface area contributed by atoms with Gasteiger partial charge in [0, 0.05) is 43.8 Å². The van der Waals surface area contributed by atoms with Crippen LogP contribution in [0.25, 0.3) is 10.9 Å². The molecule has 2 atom stereocenters. The number of nitrogens with one attached hydrogen (secondary N) is 2. The van der Waals surface area contributed by atoms with Gasteiger partial charge in [0.15, 0.2) is 0 Å². The van der Waals surface area contributed by atoms with Gasteiger partial charge in [-0.3, -0.25) is 19.5 Å². The fourth-order valence-electron chi connectivity index (χ4n) is 4.63. The van der Waals surface area contributed by atoms with Crippen LogP contribution in [0.4, 0.5) is 5.82 Å². The van der Waals surface area contributed by atoms with Crippen LogP contribution in [0.2, 0.25) is 0 Å². The van der Waals surface area contributed by atoms with Gasteiger partial charge >= 0.3 is 0 Å². The predicted molar refractivity (Wildman–Crippen MR) is 129 cm³/mol. The molecule has 2 aromatic heterocycles. The van der Waals surface area contributed by atoms with E-state index in [0.717, 1.165) is 10.9 Å². The van der Waals surface area contributed by atoms with Gasteiger partial charge in [-0.1, -0.05) is 32.0 Å². The molecule has 1 aromatic carbocycles. The lowest BCUT2D eigenvalue weighted by Crippen LogP contribution is -2.58. The van der Waals surface area contributed by atoms with Crippen molar-refractivity contribution in [2.45, 2.75) is 32.5 Å². The van der Waals surface area contributed by atoms with Crippen LogP contribution in [-0.4, -0.2) is 74.8 Å². The number of piperazine rings is 1. The molecule has 5 rings (SSSR count). The molecule has 1 saturated heterocycles. The number of carbonyl (C=O) groups excluding carboxylic acids is 2. The minimum absolute atomic E-state index is 0.0580. The highest BCUT2D eigenvalue weighted by atomic mass is 16.2. The summed E-state index contributed by atoms with van der Waals surface area (Å²) < 4.78 is 0. The first kappa shape index (κ1) is 22.2. The van der Waals surface area contributed by atoms with E-state index in [4.69, 9.17) is 9.97 Å². The Hall–Kier alpha value is -3.59. The second-order valence-corrected chi connectivity index (χ2v) is 9.21. The topological polar surface area (TPSA) is 103 Å². The third kappa shape index (κ3) is 4.43. The van der Waals surface area contributed by atoms with E-state index in [-0.39, 0.29) is 23.8 Å². The number of hydrogen-bond donors (Lipinski definition) is 2. The molecular formula is C25H29N7O2. The highest BCUT2D eigenvalue weighted by Gasteiger charge is 2.33. The largest absolute Gasteiger partial charge is 0.358 e. The first-order valence-electron chi connectivity index (χ1n) is 11.7. The number of benzene rings is 1. The van der Waals surface area contributed by atoms with Crippen LogP contribution in [0.3, 0.4) is 0 Å². The lowest BCUT2D eigenvalue weighted by molar-refractivity contribution is -0.123. The normalized spacial score (nSPS) is 21.4. The lowest BCUT2D eigenvalue weighted by atomic mass is 10.0. The second-order valence-electron chi connectivity index (χ2n) is 9.21. The van der Waals surface area contributed by atoms with Crippen molar-refractivity contribution in [2.24, 2.45) is 5.92 Å². The van der Waals surface area contributed by atoms with Crippen LogP contribution in [0.5, 0.6) is 0 Å². The van der Waals surface area contributed by atoms with Gasteiger partial charge in [-0.15, -0.1) is 0 Å². The van der Waals surface area contributed by atoms with Crippen LogP contribution in [0.1, 0.15) is 30.2 Å². The van der Waals surface area contributed by atoms with Gasteiger partial charge in [0.1, 0.15) is 23.4 Å². The summed E-state index contributed by atoms with van der Waals surface area (Å²) >= 11 is 0. The average molecular weight is 460 g/mol. The second kappa shape index (κ2) is 9.34. The molecule has 34 heavy (non-hydrogen) atoms. The number of fused-ring (bicyclic) bond motifs is 5. The molecule has 176 valence electrons. The monoisotopic (exact) mass is 459 g/mol. The fourth-order valence-corrected chi connectivity index (χ4v) is 4.63. The molecule has 0 aliphatic carbocycles. The molecule has 4 heterocycles. The third-order valence-corrected chi connectivity index (χ3v) is 6.52. The van der Waals surface area contributed by atoms with E-state index in [2.05, 4.69) is 20.5 Å². The summed E-state index contributed by atoms with van der Waals surface area (Å²) in [6.45, 7) is 6.74. The zero-order valence-corrected chi connectivity index (χ0v) is 19.4. The highest BCUT2D eigenvalue weighted by Crippen LogP contribution is 2.24. The molecule has 2 bridgehead atoms. The van der Waals surface area contributed by atoms with Gasteiger partial charge in [-0.2, -0.15) is 0 Å². The van der Waals surface area contributed by atoms with Gasteiger partial charge in [0.2, 0.25) is 5.91 Å². The number of carbonyl (C=O) groups is 2.